The minimum absolute atomic E-state index is 0.00952. The van der Waals surface area contributed by atoms with E-state index in [9.17, 15) is 24.6 Å². The van der Waals surface area contributed by atoms with Crippen LogP contribution in [-0.2, 0) is 20.8 Å². The lowest BCUT2D eigenvalue weighted by molar-refractivity contribution is -0.153. The van der Waals surface area contributed by atoms with E-state index >= 15 is 0 Å². The van der Waals surface area contributed by atoms with Crippen molar-refractivity contribution in [3.8, 4) is 11.5 Å². The number of aromatic nitrogens is 1. The van der Waals surface area contributed by atoms with Gasteiger partial charge in [-0.2, -0.15) is 0 Å². The molecule has 3 heterocycles. The second kappa shape index (κ2) is 9.02. The van der Waals surface area contributed by atoms with Crippen LogP contribution in [0, 0.1) is 11.8 Å². The number of carbonyl (C=O) groups excluding carboxylic acids is 2. The van der Waals surface area contributed by atoms with Gasteiger partial charge in [0.25, 0.3) is 0 Å². The van der Waals surface area contributed by atoms with Crippen LogP contribution in [0.5, 0.6) is 11.5 Å². The van der Waals surface area contributed by atoms with Crippen LogP contribution in [0.4, 0.5) is 0 Å². The van der Waals surface area contributed by atoms with Gasteiger partial charge < -0.3 is 19.9 Å². The highest BCUT2D eigenvalue weighted by molar-refractivity contribution is 6.10. The highest BCUT2D eigenvalue weighted by Crippen LogP contribution is 2.47. The number of likely N-dealkylation sites (tertiary alicyclic amines) is 1. The first-order chi connectivity index (χ1) is 18.0. The summed E-state index contributed by atoms with van der Waals surface area (Å²) in [6.07, 6.45) is 5.24. The van der Waals surface area contributed by atoms with E-state index in [1.165, 1.54) is 18.1 Å². The molecule has 38 heavy (non-hydrogen) atoms. The van der Waals surface area contributed by atoms with E-state index in [0.717, 1.165) is 16.5 Å². The van der Waals surface area contributed by atoms with Crippen molar-refractivity contribution in [2.45, 2.75) is 44.3 Å². The van der Waals surface area contributed by atoms with Gasteiger partial charge >= 0.3 is 5.97 Å². The number of ether oxygens (including phenoxy) is 1. The minimum Gasteiger partial charge on any atom is -0.504 e. The van der Waals surface area contributed by atoms with Crippen molar-refractivity contribution in [1.29, 1.82) is 0 Å². The van der Waals surface area contributed by atoms with Gasteiger partial charge in [0.1, 0.15) is 5.54 Å². The summed E-state index contributed by atoms with van der Waals surface area (Å²) in [5.74, 6) is -3.76. The highest BCUT2D eigenvalue weighted by Gasteiger charge is 2.68. The number of imide groups is 1. The fraction of sp³-hybridized carbons (Fsp3) is 0.345. The average molecular weight is 518 g/mol. The largest absolute Gasteiger partial charge is 0.504 e. The number of amides is 2. The standard InChI is InChI=1S/C29H31N3O6/c1-28(2,3)32-25(34)23-20(11-9-16-10-12-21(33)22(13-16)38-4)31-29(27(36)37,24(23)26(32)35)14-17-15-30-19-8-6-5-7-18(17)19/h5-13,15,20,23-24,30-31,33H,14H2,1-4H3,(H,36,37). The molecule has 0 saturated carbocycles. The molecule has 4 atom stereocenters. The molecule has 0 radical (unpaired) electrons. The average Bonchev–Trinajstić information content (AvgIpc) is 3.50. The van der Waals surface area contributed by atoms with Gasteiger partial charge in [-0.25, -0.2) is 0 Å². The summed E-state index contributed by atoms with van der Waals surface area (Å²) in [6.45, 7) is 5.31. The number of aromatic amines is 1. The van der Waals surface area contributed by atoms with Gasteiger partial charge in [0, 0.05) is 35.1 Å². The Morgan fingerprint density at radius 3 is 2.58 bits per heavy atom. The smallest absolute Gasteiger partial charge is 0.325 e. The minimum atomic E-state index is -1.70. The topological polar surface area (TPSA) is 132 Å². The molecule has 2 aliphatic heterocycles. The number of aromatic hydroxyl groups is 1. The van der Waals surface area contributed by atoms with Gasteiger partial charge in [-0.3, -0.25) is 24.6 Å². The van der Waals surface area contributed by atoms with Crippen LogP contribution in [-0.4, -0.2) is 62.1 Å². The van der Waals surface area contributed by atoms with E-state index in [4.69, 9.17) is 4.74 Å². The number of nitrogens with zero attached hydrogens (tertiary/aromatic N) is 1. The fourth-order valence-electron chi connectivity index (χ4n) is 5.90. The van der Waals surface area contributed by atoms with Crippen LogP contribution in [0.2, 0.25) is 0 Å². The molecule has 2 fully saturated rings. The Balaban J connectivity index is 1.60. The number of phenols is 1. The summed E-state index contributed by atoms with van der Waals surface area (Å²) in [6, 6.07) is 11.7. The predicted molar refractivity (Wildman–Crippen MR) is 142 cm³/mol. The maximum Gasteiger partial charge on any atom is 0.325 e. The number of nitrogens with one attached hydrogen (secondary N) is 2. The van der Waals surface area contributed by atoms with Gasteiger partial charge in [-0.15, -0.1) is 0 Å². The van der Waals surface area contributed by atoms with Crippen molar-refractivity contribution >= 4 is 34.8 Å². The third-order valence-electron chi connectivity index (χ3n) is 7.59. The number of carbonyl (C=O) groups is 3. The zero-order valence-corrected chi connectivity index (χ0v) is 21.7. The van der Waals surface area contributed by atoms with Crippen LogP contribution < -0.4 is 10.1 Å². The van der Waals surface area contributed by atoms with Crippen LogP contribution in [0.3, 0.4) is 0 Å². The molecule has 0 bridgehead atoms. The molecule has 9 heteroatoms. The molecule has 2 amide bonds. The summed E-state index contributed by atoms with van der Waals surface area (Å²) >= 11 is 0. The van der Waals surface area contributed by atoms with Gasteiger partial charge in [0.2, 0.25) is 11.8 Å². The molecule has 9 nitrogen and oxygen atoms in total. The molecule has 2 saturated heterocycles. The molecule has 5 rings (SSSR count). The molecule has 1 aromatic heterocycles. The third-order valence-corrected chi connectivity index (χ3v) is 7.59. The number of phenolic OH excluding ortho intramolecular Hbond substituents is 1. The molecule has 3 aromatic rings. The Morgan fingerprint density at radius 2 is 1.89 bits per heavy atom. The number of carboxylic acids is 1. The Labute approximate surface area is 220 Å². The number of benzene rings is 2. The number of methoxy groups -OCH3 is 1. The highest BCUT2D eigenvalue weighted by atomic mass is 16.5. The van der Waals surface area contributed by atoms with E-state index in [1.54, 1.807) is 51.3 Å². The second-order valence-electron chi connectivity index (χ2n) is 11.0. The van der Waals surface area contributed by atoms with Gasteiger partial charge in [-0.05, 0) is 50.1 Å². The summed E-state index contributed by atoms with van der Waals surface area (Å²) < 4.78 is 5.18. The van der Waals surface area contributed by atoms with Crippen molar-refractivity contribution in [3.05, 3.63) is 65.9 Å². The number of carboxylic acid groups (broad SMARTS) is 1. The molecule has 0 aliphatic carbocycles. The Bertz CT molecular complexity index is 1470. The zero-order valence-electron chi connectivity index (χ0n) is 21.7. The van der Waals surface area contributed by atoms with Crippen LogP contribution in [0.1, 0.15) is 31.9 Å². The van der Waals surface area contributed by atoms with Crippen LogP contribution in [0.25, 0.3) is 17.0 Å². The fourth-order valence-corrected chi connectivity index (χ4v) is 5.90. The van der Waals surface area contributed by atoms with Crippen molar-refractivity contribution in [2.75, 3.05) is 7.11 Å². The van der Waals surface area contributed by atoms with E-state index in [-0.39, 0.29) is 23.8 Å². The van der Waals surface area contributed by atoms with Crippen molar-refractivity contribution in [1.82, 2.24) is 15.2 Å². The first kappa shape index (κ1) is 25.5. The van der Waals surface area contributed by atoms with E-state index < -0.39 is 40.8 Å². The molecule has 2 aliphatic rings. The van der Waals surface area contributed by atoms with E-state index in [0.29, 0.717) is 5.56 Å². The monoisotopic (exact) mass is 517 g/mol. The van der Waals surface area contributed by atoms with Gasteiger partial charge in [-0.1, -0.05) is 36.4 Å². The predicted octanol–water partition coefficient (Wildman–Crippen LogP) is 3.33. The molecule has 198 valence electrons. The number of hydrogen-bond acceptors (Lipinski definition) is 6. The molecule has 2 aromatic carbocycles. The quantitative estimate of drug-likeness (QED) is 0.369. The third kappa shape index (κ3) is 3.94. The summed E-state index contributed by atoms with van der Waals surface area (Å²) in [7, 11) is 1.45. The SMILES string of the molecule is COc1cc(C=CC2NC(Cc3c[nH]c4ccccc34)(C(=O)O)C3C(=O)N(C(C)(C)C)C(=O)C23)ccc1O. The van der Waals surface area contributed by atoms with Crippen molar-refractivity contribution < 1.29 is 29.3 Å². The Hall–Kier alpha value is -4.11. The molecular weight excluding hydrogens is 486 g/mol. The Morgan fingerprint density at radius 1 is 1.16 bits per heavy atom. The van der Waals surface area contributed by atoms with E-state index in [1.807, 2.05) is 24.3 Å². The molecule has 0 spiro atoms. The number of aliphatic carboxylic acids is 1. The second-order valence-corrected chi connectivity index (χ2v) is 11.0. The summed E-state index contributed by atoms with van der Waals surface area (Å²) in [4.78, 5) is 45.0. The summed E-state index contributed by atoms with van der Waals surface area (Å²) in [5.41, 5.74) is -0.212. The van der Waals surface area contributed by atoms with Crippen LogP contribution >= 0.6 is 0 Å². The molecule has 4 N–H and O–H groups in total. The van der Waals surface area contributed by atoms with E-state index in [2.05, 4.69) is 10.3 Å². The first-order valence-electron chi connectivity index (χ1n) is 12.5. The zero-order chi connectivity index (χ0) is 27.4. The first-order valence-corrected chi connectivity index (χ1v) is 12.5. The number of H-pyrrole nitrogens is 1. The number of hydrogen-bond donors (Lipinski definition) is 4. The maximum absolute atomic E-state index is 13.8. The Kier molecular flexibility index (Phi) is 6.06. The summed E-state index contributed by atoms with van der Waals surface area (Å²) in [5, 5.41) is 24.6. The molecular formula is C29H31N3O6. The number of fused-ring (bicyclic) bond motifs is 2. The number of rotatable bonds is 6. The maximum atomic E-state index is 13.8. The van der Waals surface area contributed by atoms with Crippen molar-refractivity contribution in [2.24, 2.45) is 11.8 Å². The lowest BCUT2D eigenvalue weighted by Gasteiger charge is -2.35. The molecule has 4 unspecified atom stereocenters. The lowest BCUT2D eigenvalue weighted by atomic mass is 9.76. The van der Waals surface area contributed by atoms with Gasteiger partial charge in [0.05, 0.1) is 18.9 Å². The van der Waals surface area contributed by atoms with Crippen molar-refractivity contribution in [3.63, 3.8) is 0 Å². The van der Waals surface area contributed by atoms with Gasteiger partial charge in [0.15, 0.2) is 11.5 Å². The lowest BCUT2D eigenvalue weighted by Crippen LogP contribution is -2.59. The normalized spacial score (nSPS) is 25.5. The van der Waals surface area contributed by atoms with Crippen LogP contribution in [0.15, 0.2) is 54.7 Å². The number of para-hydroxylation sites is 1.